The molecule has 1 fully saturated rings. The number of carbonyl (C=O) groups excluding carboxylic acids is 6. The van der Waals surface area contributed by atoms with Crippen LogP contribution in [0.2, 0.25) is 10.0 Å². The highest BCUT2D eigenvalue weighted by molar-refractivity contribution is 8.15. The van der Waals surface area contributed by atoms with Crippen LogP contribution in [-0.2, 0) is 55.9 Å². The van der Waals surface area contributed by atoms with Crippen molar-refractivity contribution >= 4 is 81.3 Å². The lowest BCUT2D eigenvalue weighted by Crippen LogP contribution is -2.42. The number of fused-ring (bicyclic) bond motifs is 2. The van der Waals surface area contributed by atoms with Gasteiger partial charge in [0, 0.05) is 67.1 Å². The van der Waals surface area contributed by atoms with E-state index in [0.29, 0.717) is 34.7 Å². The maximum absolute atomic E-state index is 12.4. The van der Waals surface area contributed by atoms with Crippen LogP contribution in [0.4, 0.5) is 0 Å². The van der Waals surface area contributed by atoms with Gasteiger partial charge in [0.15, 0.2) is 5.06 Å². The van der Waals surface area contributed by atoms with Gasteiger partial charge in [0.05, 0.1) is 14.2 Å². The van der Waals surface area contributed by atoms with Gasteiger partial charge in [-0.15, -0.1) is 11.3 Å². The van der Waals surface area contributed by atoms with Crippen LogP contribution in [0.15, 0.2) is 66.2 Å². The first-order valence-electron chi connectivity index (χ1n) is 16.7. The van der Waals surface area contributed by atoms with Crippen molar-refractivity contribution in [3.8, 4) is 5.06 Å². The molecule has 12 nitrogen and oxygen atoms in total. The summed E-state index contributed by atoms with van der Waals surface area (Å²) in [6.07, 6.45) is 3.32. The van der Waals surface area contributed by atoms with Gasteiger partial charge in [0.2, 0.25) is 5.12 Å². The van der Waals surface area contributed by atoms with Gasteiger partial charge in [0.1, 0.15) is 12.1 Å². The lowest BCUT2D eigenvalue weighted by Gasteiger charge is -2.36. The number of rotatable bonds is 7. The normalized spacial score (nSPS) is 16.8. The summed E-state index contributed by atoms with van der Waals surface area (Å²) < 4.78 is 19.1. The molecule has 6 rings (SSSR count). The zero-order valence-corrected chi connectivity index (χ0v) is 33.4. The Morgan fingerprint density at radius 2 is 1.29 bits per heavy atom. The lowest BCUT2D eigenvalue weighted by molar-refractivity contribution is -0.156. The van der Waals surface area contributed by atoms with E-state index in [1.165, 1.54) is 63.0 Å². The summed E-state index contributed by atoms with van der Waals surface area (Å²) in [5.74, 6) is -2.13. The summed E-state index contributed by atoms with van der Waals surface area (Å²) >= 11 is 15.4. The van der Waals surface area contributed by atoms with Crippen LogP contribution in [0, 0.1) is 0 Å². The molecule has 0 saturated carbocycles. The SMILES string of the molecule is C.C.CC(=O)OC(C)=O.COC(=O)[C@@H](c1ccccc1Cl)N1CCC2SC(=O)C=C2C1.COC(=O)[C@@H](c1ccccc1Cl)N1CCc2sc(OC(C)=O)cc2C1. The minimum atomic E-state index is -0.566. The van der Waals surface area contributed by atoms with Gasteiger partial charge < -0.3 is 18.9 Å². The standard InChI is InChI=1S/C18H18ClNO4S.C16H16ClNO3S.C4H6O3.2CH4/c1-11(21)24-16-9-12-10-20(8-7-15(12)25-16)17(18(22)23-2)13-5-3-4-6-14(13)19;1-21-16(20)15(11-4-2-3-5-12(11)17)18-7-6-13-10(9-18)8-14(19)22-13;1-3(5)7-4(2)6;;/h3-6,9,17H,7-8,10H2,1-2H3;2-5,8,13,15H,6-7,9H2,1H3;1-2H3;2*1H4/t17-;13?,15-;;;/m11.../s1. The van der Waals surface area contributed by atoms with E-state index < -0.39 is 24.0 Å². The van der Waals surface area contributed by atoms with Crippen LogP contribution < -0.4 is 4.74 Å². The molecule has 3 atom stereocenters. The number of hydrogen-bond acceptors (Lipinski definition) is 14. The fourth-order valence-corrected chi connectivity index (χ4v) is 8.75. The molecule has 1 unspecified atom stereocenters. The van der Waals surface area contributed by atoms with E-state index in [0.717, 1.165) is 41.6 Å². The first-order valence-corrected chi connectivity index (χ1v) is 19.2. The van der Waals surface area contributed by atoms with Gasteiger partial charge in [0.25, 0.3) is 0 Å². The summed E-state index contributed by atoms with van der Waals surface area (Å²) in [7, 11) is 2.76. The van der Waals surface area contributed by atoms with Gasteiger partial charge in [-0.25, -0.2) is 9.59 Å². The second-order valence-corrected chi connectivity index (χ2v) is 15.3. The van der Waals surface area contributed by atoms with E-state index in [4.69, 9.17) is 37.4 Å². The predicted octanol–water partition coefficient (Wildman–Crippen LogP) is 7.80. The highest BCUT2D eigenvalue weighted by atomic mass is 35.5. The lowest BCUT2D eigenvalue weighted by atomic mass is 9.98. The number of thioether (sulfide) groups is 1. The molecule has 1 saturated heterocycles. The molecule has 2 aromatic carbocycles. The second kappa shape index (κ2) is 22.6. The van der Waals surface area contributed by atoms with Crippen molar-refractivity contribution in [3.05, 3.63) is 97.9 Å². The topological polar surface area (TPSA) is 146 Å². The number of halogens is 2. The van der Waals surface area contributed by atoms with Crippen molar-refractivity contribution in [3.63, 3.8) is 0 Å². The Hall–Kier alpha value is -4.05. The number of hydrogen-bond donors (Lipinski definition) is 0. The summed E-state index contributed by atoms with van der Waals surface area (Å²) in [6.45, 7) is 6.33. The molecule has 16 heteroatoms. The van der Waals surface area contributed by atoms with E-state index in [-0.39, 0.29) is 43.1 Å². The van der Waals surface area contributed by atoms with Crippen LogP contribution in [-0.4, -0.2) is 83.9 Å². The van der Waals surface area contributed by atoms with Gasteiger partial charge in [-0.05, 0) is 59.4 Å². The molecule has 3 aliphatic rings. The maximum Gasteiger partial charge on any atom is 0.327 e. The third kappa shape index (κ3) is 13.0. The molecule has 0 radical (unpaired) electrons. The summed E-state index contributed by atoms with van der Waals surface area (Å²) in [4.78, 5) is 72.3. The van der Waals surface area contributed by atoms with Crippen molar-refractivity contribution in [1.29, 1.82) is 0 Å². The van der Waals surface area contributed by atoms with Crippen LogP contribution >= 0.6 is 46.3 Å². The number of esters is 5. The first kappa shape index (κ1) is 48.1. The first-order chi connectivity index (χ1) is 25.7. The fourth-order valence-electron chi connectivity index (χ4n) is 6.21. The summed E-state index contributed by atoms with van der Waals surface area (Å²) in [6, 6.07) is 15.4. The van der Waals surface area contributed by atoms with E-state index in [2.05, 4.69) is 4.74 Å². The zero-order valence-electron chi connectivity index (χ0n) is 30.3. The molecule has 3 aliphatic heterocycles. The number of thiophene rings is 1. The van der Waals surface area contributed by atoms with E-state index in [9.17, 15) is 28.8 Å². The van der Waals surface area contributed by atoms with Crippen molar-refractivity contribution in [2.45, 2.75) is 72.3 Å². The van der Waals surface area contributed by atoms with Crippen molar-refractivity contribution in [2.24, 2.45) is 0 Å². The Morgan fingerprint density at radius 1 is 0.768 bits per heavy atom. The second-order valence-electron chi connectivity index (χ2n) is 12.2. The quantitative estimate of drug-likeness (QED) is 0.130. The Labute approximate surface area is 346 Å². The zero-order chi connectivity index (χ0) is 39.5. The predicted molar refractivity (Wildman–Crippen MR) is 219 cm³/mol. The minimum Gasteiger partial charge on any atom is -0.468 e. The molecule has 1 aromatic heterocycles. The smallest absolute Gasteiger partial charge is 0.327 e. The number of likely N-dealkylation sites (tertiary alicyclic amines) is 1. The molecule has 304 valence electrons. The van der Waals surface area contributed by atoms with Crippen LogP contribution in [0.5, 0.6) is 5.06 Å². The third-order valence-electron chi connectivity index (χ3n) is 8.42. The molecule has 56 heavy (non-hydrogen) atoms. The Bertz CT molecular complexity index is 1900. The molecule has 0 aliphatic carbocycles. The Balaban J connectivity index is 0.000000323. The molecular weight excluding hydrogens is 803 g/mol. The number of methoxy groups -OCH3 is 2. The molecule has 0 bridgehead atoms. The van der Waals surface area contributed by atoms with Gasteiger partial charge >= 0.3 is 29.8 Å². The molecule has 3 aromatic rings. The molecule has 0 N–H and O–H groups in total. The van der Waals surface area contributed by atoms with E-state index in [1.807, 2.05) is 52.3 Å². The molecule has 4 heterocycles. The average Bonchev–Trinajstić information content (AvgIpc) is 3.70. The average molecular weight is 852 g/mol. The fraction of sp³-hybridized carbons (Fsp3) is 0.400. The minimum absolute atomic E-state index is 0. The summed E-state index contributed by atoms with van der Waals surface area (Å²) in [5.41, 5.74) is 3.62. The Kier molecular flexibility index (Phi) is 19.4. The van der Waals surface area contributed by atoms with Gasteiger partial charge in [-0.1, -0.05) is 86.2 Å². The van der Waals surface area contributed by atoms with E-state index in [1.54, 1.807) is 18.2 Å². The molecule has 0 amide bonds. The van der Waals surface area contributed by atoms with Crippen molar-refractivity contribution in [1.82, 2.24) is 9.80 Å². The Morgan fingerprint density at radius 3 is 1.75 bits per heavy atom. The van der Waals surface area contributed by atoms with E-state index >= 15 is 0 Å². The van der Waals surface area contributed by atoms with Crippen LogP contribution in [0.1, 0.15) is 75.7 Å². The number of nitrogens with zero attached hydrogens (tertiary/aromatic N) is 2. The largest absolute Gasteiger partial charge is 0.468 e. The summed E-state index contributed by atoms with van der Waals surface area (Å²) in [5, 5.41) is 2.04. The van der Waals surface area contributed by atoms with Gasteiger partial charge in [-0.3, -0.25) is 29.0 Å². The number of piperidine rings is 1. The van der Waals surface area contributed by atoms with Gasteiger partial charge in [-0.2, -0.15) is 0 Å². The molecular formula is C40H48Cl2N2O10S2. The number of ether oxygens (including phenoxy) is 4. The van der Waals surface area contributed by atoms with Crippen molar-refractivity contribution in [2.75, 3.05) is 33.9 Å². The monoisotopic (exact) mass is 850 g/mol. The highest BCUT2D eigenvalue weighted by Crippen LogP contribution is 2.40. The van der Waals surface area contributed by atoms with Crippen LogP contribution in [0.25, 0.3) is 0 Å². The van der Waals surface area contributed by atoms with Crippen molar-refractivity contribution < 1.29 is 47.7 Å². The number of carbonyl (C=O) groups is 6. The third-order valence-corrected chi connectivity index (χ3v) is 11.4. The number of benzene rings is 2. The highest BCUT2D eigenvalue weighted by Gasteiger charge is 2.38. The maximum atomic E-state index is 12.4. The molecule has 0 spiro atoms. The van der Waals surface area contributed by atoms with Crippen LogP contribution in [0.3, 0.4) is 0 Å².